The number of aliphatic hydroxyl groups is 1. The van der Waals surface area contributed by atoms with Gasteiger partial charge in [0.05, 0.1) is 30.2 Å². The quantitative estimate of drug-likeness (QED) is 0.358. The Morgan fingerprint density at radius 2 is 1.83 bits per heavy atom. The zero-order valence-corrected chi connectivity index (χ0v) is 20.8. The lowest BCUT2D eigenvalue weighted by molar-refractivity contribution is 0.233. The van der Waals surface area contributed by atoms with Crippen molar-refractivity contribution in [2.24, 2.45) is 0 Å². The van der Waals surface area contributed by atoms with Gasteiger partial charge in [-0.25, -0.2) is 9.97 Å². The Balaban J connectivity index is 1.19. The van der Waals surface area contributed by atoms with Gasteiger partial charge in [0.15, 0.2) is 0 Å². The molecular formula is C27H34N8O. The molecule has 6 rings (SSSR count). The van der Waals surface area contributed by atoms with Crippen LogP contribution in [0.4, 0.5) is 17.5 Å². The van der Waals surface area contributed by atoms with Gasteiger partial charge in [0.2, 0.25) is 5.95 Å². The number of pyridine rings is 2. The van der Waals surface area contributed by atoms with Crippen LogP contribution in [0.15, 0.2) is 43.0 Å². The normalized spacial score (nSPS) is 18.3. The van der Waals surface area contributed by atoms with Crippen LogP contribution in [0.1, 0.15) is 51.5 Å². The smallest absolute Gasteiger partial charge is 0.230 e. The molecule has 0 amide bonds. The van der Waals surface area contributed by atoms with Crippen molar-refractivity contribution in [3.8, 4) is 0 Å². The van der Waals surface area contributed by atoms with Gasteiger partial charge >= 0.3 is 0 Å². The predicted octanol–water partition coefficient (Wildman–Crippen LogP) is 4.17. The highest BCUT2D eigenvalue weighted by atomic mass is 16.3. The molecule has 188 valence electrons. The topological polar surface area (TPSA) is 104 Å². The zero-order chi connectivity index (χ0) is 24.5. The minimum Gasteiger partial charge on any atom is -0.395 e. The van der Waals surface area contributed by atoms with Gasteiger partial charge in [0.1, 0.15) is 11.5 Å². The molecule has 2 fully saturated rings. The first-order chi connectivity index (χ1) is 17.7. The molecule has 5 heterocycles. The molecule has 1 atom stereocenters. The van der Waals surface area contributed by atoms with E-state index < -0.39 is 0 Å². The summed E-state index contributed by atoms with van der Waals surface area (Å²) in [5.41, 5.74) is 3.23. The molecule has 1 aliphatic carbocycles. The number of aliphatic hydroxyl groups excluding tert-OH is 1. The standard InChI is InChI=1S/C27H34N8O/c1-18(17-36)31-19-9-12-34(13-10-19)21-6-7-25(29-14-21)32-27-30-15-23-22-8-11-28-16-24(22)35(26(23)33-27)20-4-2-3-5-20/h6-8,11,14-16,18-20,31,36H,2-5,9-10,12-13,17H2,1H3,(H,29,30,32,33). The summed E-state index contributed by atoms with van der Waals surface area (Å²) in [5.74, 6) is 1.29. The van der Waals surface area contributed by atoms with Crippen molar-refractivity contribution >= 4 is 39.4 Å². The molecule has 4 aromatic heterocycles. The van der Waals surface area contributed by atoms with E-state index in [1.807, 2.05) is 37.8 Å². The van der Waals surface area contributed by atoms with E-state index in [0.29, 0.717) is 18.0 Å². The van der Waals surface area contributed by atoms with E-state index >= 15 is 0 Å². The summed E-state index contributed by atoms with van der Waals surface area (Å²) in [6.07, 6.45) is 14.6. The molecule has 0 aromatic carbocycles. The van der Waals surface area contributed by atoms with Crippen molar-refractivity contribution in [1.82, 2.24) is 29.8 Å². The first-order valence-electron chi connectivity index (χ1n) is 13.1. The maximum atomic E-state index is 9.28. The van der Waals surface area contributed by atoms with E-state index in [4.69, 9.17) is 4.98 Å². The fourth-order valence-electron chi connectivity index (χ4n) is 5.78. The Bertz CT molecular complexity index is 1320. The van der Waals surface area contributed by atoms with Crippen LogP contribution in [-0.2, 0) is 0 Å². The summed E-state index contributed by atoms with van der Waals surface area (Å²) in [6.45, 7) is 4.15. The van der Waals surface area contributed by atoms with E-state index in [1.54, 1.807) is 0 Å². The van der Waals surface area contributed by atoms with E-state index in [0.717, 1.165) is 59.4 Å². The van der Waals surface area contributed by atoms with Crippen LogP contribution in [0.2, 0.25) is 0 Å². The van der Waals surface area contributed by atoms with Crippen molar-refractivity contribution in [3.63, 3.8) is 0 Å². The molecule has 3 N–H and O–H groups in total. The molecule has 36 heavy (non-hydrogen) atoms. The second-order valence-electron chi connectivity index (χ2n) is 10.2. The highest BCUT2D eigenvalue weighted by Gasteiger charge is 2.24. The highest BCUT2D eigenvalue weighted by molar-refractivity contribution is 6.06. The number of piperidine rings is 1. The molecule has 2 aliphatic rings. The van der Waals surface area contributed by atoms with E-state index in [1.165, 1.54) is 25.7 Å². The molecule has 1 saturated heterocycles. The van der Waals surface area contributed by atoms with Gasteiger partial charge in [-0.1, -0.05) is 12.8 Å². The second-order valence-corrected chi connectivity index (χ2v) is 10.2. The fourth-order valence-corrected chi connectivity index (χ4v) is 5.78. The molecule has 1 unspecified atom stereocenters. The van der Waals surface area contributed by atoms with Crippen LogP contribution in [-0.4, -0.2) is 61.4 Å². The van der Waals surface area contributed by atoms with Gasteiger partial charge in [-0.05, 0) is 50.8 Å². The molecule has 0 radical (unpaired) electrons. The lowest BCUT2D eigenvalue weighted by atomic mass is 10.0. The van der Waals surface area contributed by atoms with E-state index in [9.17, 15) is 5.11 Å². The first-order valence-corrected chi connectivity index (χ1v) is 13.1. The average Bonchev–Trinajstić information content (AvgIpc) is 3.55. The molecule has 0 spiro atoms. The number of hydrogen-bond donors (Lipinski definition) is 3. The Labute approximate surface area is 211 Å². The summed E-state index contributed by atoms with van der Waals surface area (Å²) in [7, 11) is 0. The third kappa shape index (κ3) is 4.49. The zero-order valence-electron chi connectivity index (χ0n) is 20.8. The summed E-state index contributed by atoms with van der Waals surface area (Å²) in [6, 6.07) is 7.23. The van der Waals surface area contributed by atoms with Gasteiger partial charge in [0, 0.05) is 54.4 Å². The van der Waals surface area contributed by atoms with Crippen molar-refractivity contribution < 1.29 is 5.11 Å². The Morgan fingerprint density at radius 1 is 1.00 bits per heavy atom. The van der Waals surface area contributed by atoms with Crippen molar-refractivity contribution in [3.05, 3.63) is 43.0 Å². The summed E-state index contributed by atoms with van der Waals surface area (Å²) in [4.78, 5) is 21.0. The van der Waals surface area contributed by atoms with Crippen LogP contribution in [0.3, 0.4) is 0 Å². The lowest BCUT2D eigenvalue weighted by Gasteiger charge is -2.35. The molecular weight excluding hydrogens is 452 g/mol. The maximum absolute atomic E-state index is 9.28. The number of nitrogens with zero attached hydrogens (tertiary/aromatic N) is 6. The van der Waals surface area contributed by atoms with Crippen LogP contribution < -0.4 is 15.5 Å². The SMILES string of the molecule is CC(CO)NC1CCN(c2ccc(Nc3ncc4c5ccncc5n(C5CCCC5)c4n3)nc2)CC1. The number of nitrogens with one attached hydrogen (secondary N) is 2. The molecule has 1 saturated carbocycles. The van der Waals surface area contributed by atoms with Crippen molar-refractivity contribution in [2.45, 2.75) is 63.6 Å². The Hall–Kier alpha value is -3.30. The molecule has 9 nitrogen and oxygen atoms in total. The highest BCUT2D eigenvalue weighted by Crippen LogP contribution is 2.37. The van der Waals surface area contributed by atoms with Crippen molar-refractivity contribution in [1.29, 1.82) is 0 Å². The number of aromatic nitrogens is 5. The third-order valence-corrected chi connectivity index (χ3v) is 7.68. The number of hydrogen-bond acceptors (Lipinski definition) is 8. The molecule has 0 bridgehead atoms. The van der Waals surface area contributed by atoms with Gasteiger partial charge in [-0.15, -0.1) is 0 Å². The lowest BCUT2D eigenvalue weighted by Crippen LogP contribution is -2.46. The average molecular weight is 487 g/mol. The van der Waals surface area contributed by atoms with Gasteiger partial charge in [0.25, 0.3) is 0 Å². The third-order valence-electron chi connectivity index (χ3n) is 7.68. The van der Waals surface area contributed by atoms with Crippen LogP contribution in [0, 0.1) is 0 Å². The largest absolute Gasteiger partial charge is 0.395 e. The van der Waals surface area contributed by atoms with Crippen LogP contribution in [0.25, 0.3) is 21.9 Å². The number of rotatable bonds is 7. The summed E-state index contributed by atoms with van der Waals surface area (Å²) < 4.78 is 2.37. The molecule has 1 aliphatic heterocycles. The number of fused-ring (bicyclic) bond motifs is 3. The number of anilines is 3. The minimum absolute atomic E-state index is 0.145. The van der Waals surface area contributed by atoms with Crippen LogP contribution in [0.5, 0.6) is 0 Å². The van der Waals surface area contributed by atoms with Gasteiger partial charge in [-0.2, -0.15) is 4.98 Å². The maximum Gasteiger partial charge on any atom is 0.230 e. The van der Waals surface area contributed by atoms with Gasteiger partial charge < -0.3 is 25.2 Å². The van der Waals surface area contributed by atoms with Crippen molar-refractivity contribution in [2.75, 3.05) is 29.9 Å². The Kier molecular flexibility index (Phi) is 6.41. The molecule has 4 aromatic rings. The summed E-state index contributed by atoms with van der Waals surface area (Å²) in [5, 5.41) is 18.3. The molecule has 9 heteroatoms. The van der Waals surface area contributed by atoms with Crippen LogP contribution >= 0.6 is 0 Å². The second kappa shape index (κ2) is 9.99. The fraction of sp³-hybridized carbons (Fsp3) is 0.481. The van der Waals surface area contributed by atoms with E-state index in [-0.39, 0.29) is 12.6 Å². The predicted molar refractivity (Wildman–Crippen MR) is 143 cm³/mol. The Morgan fingerprint density at radius 3 is 2.58 bits per heavy atom. The summed E-state index contributed by atoms with van der Waals surface area (Å²) >= 11 is 0. The van der Waals surface area contributed by atoms with Gasteiger partial charge in [-0.3, -0.25) is 4.98 Å². The van der Waals surface area contributed by atoms with E-state index in [2.05, 4.69) is 47.2 Å². The first kappa shape index (κ1) is 23.1. The minimum atomic E-state index is 0.145. The monoisotopic (exact) mass is 486 g/mol.